The monoisotopic (exact) mass is 521 g/mol. The summed E-state index contributed by atoms with van der Waals surface area (Å²) in [5.41, 5.74) is 4.56. The van der Waals surface area contributed by atoms with Gasteiger partial charge in [-0.15, -0.1) is 0 Å². The van der Waals surface area contributed by atoms with Crippen LogP contribution in [0.15, 0.2) is 35.1 Å². The third-order valence-electron chi connectivity index (χ3n) is 7.21. The van der Waals surface area contributed by atoms with Crippen LogP contribution in [0, 0.1) is 25.6 Å². The molecule has 5 aromatic rings. The van der Waals surface area contributed by atoms with Gasteiger partial charge in [0.15, 0.2) is 0 Å². The van der Waals surface area contributed by atoms with E-state index < -0.39 is 11.6 Å². The summed E-state index contributed by atoms with van der Waals surface area (Å²) in [6.07, 6.45) is 4.96. The molecule has 1 unspecified atom stereocenters. The number of aliphatic hydroxyl groups is 1. The molecule has 1 aliphatic rings. The molecule has 0 aromatic carbocycles. The SMILES string of the molecule is Cc1noc(C)c1-c1cnc2c3snc(C(C)(C)O)c3n(C(c3ncccc3F)C3CCOCC3)c2c1. The molecule has 1 fully saturated rings. The van der Waals surface area contributed by atoms with Gasteiger partial charge in [0.1, 0.15) is 28.4 Å². The zero-order chi connectivity index (χ0) is 25.9. The van der Waals surface area contributed by atoms with E-state index in [1.165, 1.54) is 17.6 Å². The molecule has 0 saturated carbocycles. The molecule has 5 aromatic heterocycles. The van der Waals surface area contributed by atoms with E-state index in [-0.39, 0.29) is 11.7 Å². The maximum atomic E-state index is 15.4. The Kier molecular flexibility index (Phi) is 5.85. The van der Waals surface area contributed by atoms with Crippen molar-refractivity contribution in [3.8, 4) is 11.1 Å². The zero-order valence-electron chi connectivity index (χ0n) is 21.2. The van der Waals surface area contributed by atoms with E-state index in [1.807, 2.05) is 20.0 Å². The summed E-state index contributed by atoms with van der Waals surface area (Å²) >= 11 is 1.30. The van der Waals surface area contributed by atoms with E-state index in [0.717, 1.165) is 50.9 Å². The Morgan fingerprint density at radius 2 is 2.00 bits per heavy atom. The first kappa shape index (κ1) is 24.1. The summed E-state index contributed by atoms with van der Waals surface area (Å²) < 4.78 is 34.2. The third-order valence-corrected chi connectivity index (χ3v) is 8.05. The molecule has 0 aliphatic carbocycles. The number of hydrogen-bond acceptors (Lipinski definition) is 8. The number of rotatable bonds is 5. The molecule has 10 heteroatoms. The van der Waals surface area contributed by atoms with E-state index in [4.69, 9.17) is 14.2 Å². The second kappa shape index (κ2) is 8.97. The Labute approximate surface area is 217 Å². The molecule has 1 atom stereocenters. The Morgan fingerprint density at radius 1 is 1.22 bits per heavy atom. The van der Waals surface area contributed by atoms with Crippen molar-refractivity contribution in [3.63, 3.8) is 0 Å². The van der Waals surface area contributed by atoms with Crippen LogP contribution in [0.2, 0.25) is 0 Å². The topological polar surface area (TPSA) is 99.1 Å². The highest BCUT2D eigenvalue weighted by molar-refractivity contribution is 7.14. The quantitative estimate of drug-likeness (QED) is 0.317. The summed E-state index contributed by atoms with van der Waals surface area (Å²) in [5.74, 6) is 0.403. The van der Waals surface area contributed by atoms with Gasteiger partial charge >= 0.3 is 0 Å². The minimum atomic E-state index is -1.21. The lowest BCUT2D eigenvalue weighted by atomic mass is 9.88. The number of aromatic nitrogens is 5. The van der Waals surface area contributed by atoms with Gasteiger partial charge in [0.25, 0.3) is 0 Å². The standard InChI is InChI=1S/C27H28FN5O3S/c1-14-20(15(2)36-31-14)17-12-19-22(30-13-17)25-24(26(32-37-25)27(3,4)34)33(19)23(16-7-10-35-11-8-16)21-18(28)6-5-9-29-21/h5-6,9,12-13,16,23,34H,7-8,10-11H2,1-4H3. The summed E-state index contributed by atoms with van der Waals surface area (Å²) in [5, 5.41) is 15.2. The van der Waals surface area contributed by atoms with Gasteiger partial charge in [0.05, 0.1) is 33.2 Å². The Hall–Kier alpha value is -3.21. The largest absolute Gasteiger partial charge is 0.384 e. The molecule has 8 nitrogen and oxygen atoms in total. The van der Waals surface area contributed by atoms with Gasteiger partial charge in [-0.25, -0.2) is 4.39 Å². The van der Waals surface area contributed by atoms with Crippen molar-refractivity contribution in [2.75, 3.05) is 13.2 Å². The van der Waals surface area contributed by atoms with Crippen LogP contribution in [0.3, 0.4) is 0 Å². The first-order chi connectivity index (χ1) is 17.8. The highest BCUT2D eigenvalue weighted by atomic mass is 32.1. The van der Waals surface area contributed by atoms with Crippen molar-refractivity contribution < 1.29 is 18.8 Å². The number of aryl methyl sites for hydroxylation is 2. The number of pyridine rings is 2. The molecule has 0 spiro atoms. The van der Waals surface area contributed by atoms with Crippen LogP contribution < -0.4 is 0 Å². The lowest BCUT2D eigenvalue weighted by Crippen LogP contribution is -2.29. The van der Waals surface area contributed by atoms with E-state index in [9.17, 15) is 5.11 Å². The molecule has 192 valence electrons. The molecular formula is C27H28FN5O3S. The molecule has 6 heterocycles. The molecule has 0 bridgehead atoms. The number of hydrogen-bond donors (Lipinski definition) is 1. The fraction of sp³-hybridized carbons (Fsp3) is 0.407. The summed E-state index contributed by atoms with van der Waals surface area (Å²) in [4.78, 5) is 9.41. The van der Waals surface area contributed by atoms with Gasteiger partial charge in [-0.2, -0.15) is 4.37 Å². The van der Waals surface area contributed by atoms with E-state index in [1.54, 1.807) is 26.1 Å². The Balaban J connectivity index is 1.72. The van der Waals surface area contributed by atoms with E-state index >= 15 is 4.39 Å². The number of ether oxygens (including phenoxy) is 1. The van der Waals surface area contributed by atoms with Crippen LogP contribution >= 0.6 is 11.5 Å². The lowest BCUT2D eigenvalue weighted by Gasteiger charge is -2.32. The van der Waals surface area contributed by atoms with Crippen LogP contribution in [0.4, 0.5) is 4.39 Å². The van der Waals surface area contributed by atoms with Crippen LogP contribution in [0.25, 0.3) is 32.4 Å². The molecule has 0 amide bonds. The van der Waals surface area contributed by atoms with Crippen LogP contribution in [0.1, 0.15) is 55.6 Å². The van der Waals surface area contributed by atoms with Crippen LogP contribution in [-0.4, -0.2) is 42.4 Å². The van der Waals surface area contributed by atoms with Gasteiger partial charge in [-0.05, 0) is 76.2 Å². The van der Waals surface area contributed by atoms with Crippen LogP contribution in [0.5, 0.6) is 0 Å². The van der Waals surface area contributed by atoms with Crippen molar-refractivity contribution in [3.05, 3.63) is 59.3 Å². The first-order valence-corrected chi connectivity index (χ1v) is 13.2. The van der Waals surface area contributed by atoms with Crippen molar-refractivity contribution in [1.82, 2.24) is 24.1 Å². The predicted molar refractivity (Wildman–Crippen MR) is 139 cm³/mol. The average Bonchev–Trinajstić information content (AvgIpc) is 3.54. The highest BCUT2D eigenvalue weighted by Crippen LogP contribution is 2.45. The molecule has 1 aliphatic heterocycles. The molecule has 6 rings (SSSR count). The number of halogens is 1. The Bertz CT molecular complexity index is 1590. The van der Waals surface area contributed by atoms with Gasteiger partial charge < -0.3 is 18.9 Å². The van der Waals surface area contributed by atoms with Gasteiger partial charge in [0, 0.05) is 36.7 Å². The summed E-state index contributed by atoms with van der Waals surface area (Å²) in [6, 6.07) is 4.68. The van der Waals surface area contributed by atoms with Crippen molar-refractivity contribution in [2.45, 2.75) is 52.2 Å². The van der Waals surface area contributed by atoms with E-state index in [2.05, 4.69) is 25.1 Å². The smallest absolute Gasteiger partial charge is 0.146 e. The average molecular weight is 522 g/mol. The van der Waals surface area contributed by atoms with Crippen molar-refractivity contribution in [1.29, 1.82) is 0 Å². The minimum Gasteiger partial charge on any atom is -0.384 e. The van der Waals surface area contributed by atoms with Crippen molar-refractivity contribution >= 4 is 32.8 Å². The maximum Gasteiger partial charge on any atom is 0.146 e. The summed E-state index contributed by atoms with van der Waals surface area (Å²) in [6.45, 7) is 8.41. The molecule has 1 N–H and O–H groups in total. The molecule has 37 heavy (non-hydrogen) atoms. The molecule has 1 saturated heterocycles. The maximum absolute atomic E-state index is 15.4. The van der Waals surface area contributed by atoms with Crippen molar-refractivity contribution in [2.24, 2.45) is 5.92 Å². The number of nitrogens with zero attached hydrogens (tertiary/aromatic N) is 5. The summed E-state index contributed by atoms with van der Waals surface area (Å²) in [7, 11) is 0. The second-order valence-corrected chi connectivity index (χ2v) is 11.0. The fourth-order valence-electron chi connectivity index (χ4n) is 5.52. The highest BCUT2D eigenvalue weighted by Gasteiger charge is 2.36. The Morgan fingerprint density at radius 3 is 2.68 bits per heavy atom. The lowest BCUT2D eigenvalue weighted by molar-refractivity contribution is 0.0538. The second-order valence-electron chi connectivity index (χ2n) is 10.2. The normalized spacial score (nSPS) is 16.2. The van der Waals surface area contributed by atoms with E-state index in [0.29, 0.717) is 30.4 Å². The minimum absolute atomic E-state index is 0.0641. The predicted octanol–water partition coefficient (Wildman–Crippen LogP) is 5.70. The van der Waals surface area contributed by atoms with Crippen LogP contribution in [-0.2, 0) is 10.3 Å². The first-order valence-electron chi connectivity index (χ1n) is 12.4. The molecule has 0 radical (unpaired) electrons. The third kappa shape index (κ3) is 3.94. The zero-order valence-corrected chi connectivity index (χ0v) is 22.0. The van der Waals surface area contributed by atoms with Gasteiger partial charge in [-0.3, -0.25) is 9.97 Å². The molecular weight excluding hydrogens is 493 g/mol. The van der Waals surface area contributed by atoms with Gasteiger partial charge in [-0.1, -0.05) is 5.16 Å². The number of fused-ring (bicyclic) bond motifs is 3. The van der Waals surface area contributed by atoms with Gasteiger partial charge in [0.2, 0.25) is 0 Å². The fourth-order valence-corrected chi connectivity index (χ4v) is 6.54.